The highest BCUT2D eigenvalue weighted by Crippen LogP contribution is 2.62. The summed E-state index contributed by atoms with van der Waals surface area (Å²) in [7, 11) is 0. The highest BCUT2D eigenvalue weighted by Gasteiger charge is 2.51. The Hall–Kier alpha value is -6.58. The maximum Gasteiger partial charge on any atom is 0.160 e. The number of benzene rings is 7. The van der Waals surface area contributed by atoms with E-state index in [1.165, 1.54) is 27.8 Å². The van der Waals surface area contributed by atoms with Crippen molar-refractivity contribution in [1.82, 2.24) is 9.97 Å². The van der Waals surface area contributed by atoms with Gasteiger partial charge < -0.3 is 4.74 Å². The first kappa shape index (κ1) is 28.4. The summed E-state index contributed by atoms with van der Waals surface area (Å²) in [5.41, 5.74) is 13.9. The van der Waals surface area contributed by atoms with Gasteiger partial charge in [0.1, 0.15) is 11.5 Å². The first-order chi connectivity index (χ1) is 24.8. The van der Waals surface area contributed by atoms with Crippen LogP contribution in [0, 0.1) is 0 Å². The number of rotatable bonds is 4. The van der Waals surface area contributed by atoms with Gasteiger partial charge in [-0.25, -0.2) is 9.97 Å². The predicted octanol–water partition coefficient (Wildman–Crippen LogP) is 11.6. The van der Waals surface area contributed by atoms with Gasteiger partial charge in [0, 0.05) is 27.8 Å². The van der Waals surface area contributed by atoms with E-state index in [-0.39, 0.29) is 0 Å². The van der Waals surface area contributed by atoms with Crippen molar-refractivity contribution < 1.29 is 4.74 Å². The second-order valence-corrected chi connectivity index (χ2v) is 12.9. The minimum absolute atomic E-state index is 0.543. The second-order valence-electron chi connectivity index (χ2n) is 12.9. The molecule has 2 aliphatic rings. The SMILES string of the molecule is c1ccc(-c2ccc(-c3nc(-c4ccccc4)cc(-c4ccc5c(c4)C4(c6ccccc6Oc6ccccc64)c4ccccc4-5)n3)cc2)cc1. The van der Waals surface area contributed by atoms with Crippen LogP contribution in [0.3, 0.4) is 0 Å². The van der Waals surface area contributed by atoms with Crippen molar-refractivity contribution in [3.8, 4) is 67.7 Å². The number of hydrogen-bond donors (Lipinski definition) is 0. The molecule has 0 radical (unpaired) electrons. The number of para-hydroxylation sites is 2. The number of fused-ring (bicyclic) bond motifs is 9. The van der Waals surface area contributed by atoms with Crippen LogP contribution in [0.4, 0.5) is 0 Å². The molecular weight excluding hydrogens is 609 g/mol. The molecule has 10 rings (SSSR count). The van der Waals surface area contributed by atoms with Crippen LogP contribution in [0.5, 0.6) is 11.5 Å². The van der Waals surface area contributed by atoms with Gasteiger partial charge in [0.15, 0.2) is 5.82 Å². The number of aromatic nitrogens is 2. The van der Waals surface area contributed by atoms with Crippen LogP contribution in [0.25, 0.3) is 56.2 Å². The molecule has 1 aliphatic carbocycles. The summed E-state index contributed by atoms with van der Waals surface area (Å²) in [6, 6.07) is 64.1. The largest absolute Gasteiger partial charge is 0.457 e. The number of nitrogens with zero attached hydrogens (tertiary/aromatic N) is 2. The highest BCUT2D eigenvalue weighted by atomic mass is 16.5. The molecule has 0 saturated carbocycles. The van der Waals surface area contributed by atoms with E-state index in [1.807, 2.05) is 12.1 Å². The Bertz CT molecular complexity index is 2510. The zero-order valence-electron chi connectivity index (χ0n) is 27.1. The van der Waals surface area contributed by atoms with Crippen molar-refractivity contribution in [2.75, 3.05) is 0 Å². The molecule has 2 heterocycles. The summed E-state index contributed by atoms with van der Waals surface area (Å²) in [6.45, 7) is 0. The van der Waals surface area contributed by atoms with Gasteiger partial charge in [0.25, 0.3) is 0 Å². The fraction of sp³-hybridized carbons (Fsp3) is 0.0213. The first-order valence-corrected chi connectivity index (χ1v) is 17.0. The molecule has 0 amide bonds. The van der Waals surface area contributed by atoms with Crippen LogP contribution in [0.2, 0.25) is 0 Å². The third kappa shape index (κ3) is 4.30. The van der Waals surface area contributed by atoms with E-state index in [2.05, 4.69) is 170 Å². The van der Waals surface area contributed by atoms with Crippen molar-refractivity contribution in [2.24, 2.45) is 0 Å². The minimum Gasteiger partial charge on any atom is -0.457 e. The van der Waals surface area contributed by atoms with Crippen molar-refractivity contribution in [3.63, 3.8) is 0 Å². The Kier molecular flexibility index (Phi) is 6.40. The van der Waals surface area contributed by atoms with E-state index >= 15 is 0 Å². The Labute approximate surface area is 291 Å². The molecule has 8 aromatic rings. The van der Waals surface area contributed by atoms with Gasteiger partial charge in [0.05, 0.1) is 16.8 Å². The van der Waals surface area contributed by atoms with Crippen LogP contribution in [0.1, 0.15) is 22.3 Å². The maximum absolute atomic E-state index is 6.55. The Morgan fingerprint density at radius 1 is 0.340 bits per heavy atom. The van der Waals surface area contributed by atoms with Crippen LogP contribution < -0.4 is 4.74 Å². The van der Waals surface area contributed by atoms with Gasteiger partial charge >= 0.3 is 0 Å². The third-order valence-electron chi connectivity index (χ3n) is 10.2. The molecule has 1 aliphatic heterocycles. The maximum atomic E-state index is 6.55. The molecule has 3 nitrogen and oxygen atoms in total. The van der Waals surface area contributed by atoms with E-state index in [0.717, 1.165) is 56.3 Å². The lowest BCUT2D eigenvalue weighted by Gasteiger charge is -2.39. The summed E-state index contributed by atoms with van der Waals surface area (Å²) >= 11 is 0. The smallest absolute Gasteiger partial charge is 0.160 e. The van der Waals surface area contributed by atoms with Crippen molar-refractivity contribution in [3.05, 3.63) is 204 Å². The molecule has 1 aromatic heterocycles. The Morgan fingerprint density at radius 2 is 0.820 bits per heavy atom. The van der Waals surface area contributed by atoms with Gasteiger partial charge in [0.2, 0.25) is 0 Å². The Balaban J connectivity index is 1.19. The van der Waals surface area contributed by atoms with Crippen LogP contribution in [-0.2, 0) is 5.41 Å². The fourth-order valence-electron chi connectivity index (χ4n) is 7.94. The van der Waals surface area contributed by atoms with Crippen LogP contribution in [-0.4, -0.2) is 9.97 Å². The molecule has 0 bridgehead atoms. The van der Waals surface area contributed by atoms with Gasteiger partial charge in [-0.3, -0.25) is 0 Å². The van der Waals surface area contributed by atoms with E-state index < -0.39 is 5.41 Å². The predicted molar refractivity (Wildman–Crippen MR) is 201 cm³/mol. The normalized spacial score (nSPS) is 13.1. The standard InChI is InChI=1S/C47H30N2O/c1-3-13-31(14-4-1)32-23-25-34(26-24-32)46-48-42(33-15-5-2-6-16-33)30-43(49-46)35-27-28-37-36-17-7-8-18-38(36)47(41(37)29-35)39-19-9-11-21-44(39)50-45-22-12-10-20-40(45)47/h1-30H. The van der Waals surface area contributed by atoms with E-state index in [9.17, 15) is 0 Å². The number of ether oxygens (including phenoxy) is 1. The molecular formula is C47H30N2O. The quantitative estimate of drug-likeness (QED) is 0.192. The Morgan fingerprint density at radius 3 is 1.50 bits per heavy atom. The summed E-state index contributed by atoms with van der Waals surface area (Å²) < 4.78 is 6.55. The molecule has 234 valence electrons. The molecule has 0 fully saturated rings. The topological polar surface area (TPSA) is 35.0 Å². The summed E-state index contributed by atoms with van der Waals surface area (Å²) in [4.78, 5) is 10.4. The lowest BCUT2D eigenvalue weighted by atomic mass is 9.66. The average molecular weight is 639 g/mol. The molecule has 1 spiro atoms. The molecule has 0 atom stereocenters. The van der Waals surface area contributed by atoms with Gasteiger partial charge in [-0.05, 0) is 57.6 Å². The van der Waals surface area contributed by atoms with Crippen molar-refractivity contribution >= 4 is 0 Å². The highest BCUT2D eigenvalue weighted by molar-refractivity contribution is 5.90. The molecule has 7 aromatic carbocycles. The minimum atomic E-state index is -0.543. The van der Waals surface area contributed by atoms with Crippen LogP contribution in [0.15, 0.2) is 182 Å². The van der Waals surface area contributed by atoms with Gasteiger partial charge in [-0.1, -0.05) is 158 Å². The summed E-state index contributed by atoms with van der Waals surface area (Å²) in [5.74, 6) is 2.46. The first-order valence-electron chi connectivity index (χ1n) is 17.0. The zero-order valence-corrected chi connectivity index (χ0v) is 27.1. The fourth-order valence-corrected chi connectivity index (χ4v) is 7.94. The number of hydrogen-bond acceptors (Lipinski definition) is 3. The average Bonchev–Trinajstić information content (AvgIpc) is 3.48. The van der Waals surface area contributed by atoms with E-state index in [4.69, 9.17) is 14.7 Å². The third-order valence-corrected chi connectivity index (χ3v) is 10.2. The lowest BCUT2D eigenvalue weighted by molar-refractivity contribution is 0.436. The monoisotopic (exact) mass is 638 g/mol. The molecule has 0 saturated heterocycles. The lowest BCUT2D eigenvalue weighted by Crippen LogP contribution is -2.32. The van der Waals surface area contributed by atoms with E-state index in [0.29, 0.717) is 5.82 Å². The van der Waals surface area contributed by atoms with Gasteiger partial charge in [-0.15, -0.1) is 0 Å². The molecule has 3 heteroatoms. The van der Waals surface area contributed by atoms with Gasteiger partial charge in [-0.2, -0.15) is 0 Å². The van der Waals surface area contributed by atoms with Crippen LogP contribution >= 0.6 is 0 Å². The second kappa shape index (κ2) is 11.3. The summed E-state index contributed by atoms with van der Waals surface area (Å²) in [6.07, 6.45) is 0. The van der Waals surface area contributed by atoms with E-state index in [1.54, 1.807) is 0 Å². The molecule has 0 N–H and O–H groups in total. The zero-order chi connectivity index (χ0) is 33.1. The molecule has 0 unspecified atom stereocenters. The van der Waals surface area contributed by atoms with Crippen molar-refractivity contribution in [1.29, 1.82) is 0 Å². The summed E-state index contributed by atoms with van der Waals surface area (Å²) in [5, 5.41) is 0. The van der Waals surface area contributed by atoms with Crippen molar-refractivity contribution in [2.45, 2.75) is 5.41 Å². The molecule has 50 heavy (non-hydrogen) atoms.